The third-order valence-electron chi connectivity index (χ3n) is 1.80. The highest BCUT2D eigenvalue weighted by Gasteiger charge is 2.44. The number of carbonyl (C=O) groups is 1. The van der Waals surface area contributed by atoms with Crippen molar-refractivity contribution < 1.29 is 31.5 Å². The lowest BCUT2D eigenvalue weighted by Crippen LogP contribution is -2.42. The van der Waals surface area contributed by atoms with Gasteiger partial charge in [0.15, 0.2) is 5.25 Å². The lowest BCUT2D eigenvalue weighted by molar-refractivity contribution is -0.137. The topological polar surface area (TPSA) is 83.5 Å². The third-order valence-corrected chi connectivity index (χ3v) is 3.60. The first-order valence-corrected chi connectivity index (χ1v) is 5.89. The van der Waals surface area contributed by atoms with Gasteiger partial charge < -0.3 is 5.11 Å². The number of rotatable bonds is 6. The van der Waals surface area contributed by atoms with Gasteiger partial charge in [-0.05, 0) is 13.3 Å². The van der Waals surface area contributed by atoms with Crippen molar-refractivity contribution in [2.24, 2.45) is 0 Å². The number of sulfonamides is 1. The Morgan fingerprint density at radius 3 is 2.31 bits per heavy atom. The van der Waals surface area contributed by atoms with Crippen molar-refractivity contribution in [3.05, 3.63) is 0 Å². The highest BCUT2D eigenvalue weighted by Crippen LogP contribution is 2.24. The van der Waals surface area contributed by atoms with E-state index in [2.05, 4.69) is 0 Å². The van der Waals surface area contributed by atoms with Gasteiger partial charge in [0.1, 0.15) is 0 Å². The summed E-state index contributed by atoms with van der Waals surface area (Å²) in [6, 6.07) is 0. The Morgan fingerprint density at radius 1 is 1.44 bits per heavy atom. The Labute approximate surface area is 90.7 Å². The summed E-state index contributed by atoms with van der Waals surface area (Å²) < 4.78 is 60.0. The first-order valence-electron chi connectivity index (χ1n) is 4.34. The molecular formula is C7H12F3NO4S. The second kappa shape index (κ2) is 5.48. The molecule has 16 heavy (non-hydrogen) atoms. The van der Waals surface area contributed by atoms with E-state index in [1.807, 2.05) is 0 Å². The van der Waals surface area contributed by atoms with Gasteiger partial charge in [0.25, 0.3) is 0 Å². The number of alkyl halides is 3. The average Bonchev–Trinajstić information content (AvgIpc) is 2.09. The van der Waals surface area contributed by atoms with E-state index in [4.69, 9.17) is 5.11 Å². The van der Waals surface area contributed by atoms with Crippen LogP contribution in [0.1, 0.15) is 19.8 Å². The Hall–Kier alpha value is -0.830. The predicted molar refractivity (Wildman–Crippen MR) is 49.3 cm³/mol. The fourth-order valence-electron chi connectivity index (χ4n) is 0.755. The molecule has 0 heterocycles. The van der Waals surface area contributed by atoms with Crippen molar-refractivity contribution in [3.63, 3.8) is 0 Å². The zero-order valence-corrected chi connectivity index (χ0v) is 9.23. The molecule has 0 aliphatic heterocycles. The Bertz CT molecular complexity index is 338. The van der Waals surface area contributed by atoms with Crippen molar-refractivity contribution in [2.45, 2.75) is 31.2 Å². The largest absolute Gasteiger partial charge is 0.481 e. The van der Waals surface area contributed by atoms with E-state index < -0.39 is 27.4 Å². The van der Waals surface area contributed by atoms with Crippen molar-refractivity contribution in [2.75, 3.05) is 6.54 Å². The van der Waals surface area contributed by atoms with Gasteiger partial charge in [-0.2, -0.15) is 13.2 Å². The molecule has 96 valence electrons. The van der Waals surface area contributed by atoms with Crippen LogP contribution in [0.15, 0.2) is 0 Å². The van der Waals surface area contributed by atoms with E-state index >= 15 is 0 Å². The molecule has 1 atom stereocenters. The quantitative estimate of drug-likeness (QED) is 0.692. The summed E-state index contributed by atoms with van der Waals surface area (Å²) in [5.41, 5.74) is 0. The SMILES string of the molecule is CC(C(F)(F)F)S(=O)(=O)NCCCC(=O)O. The monoisotopic (exact) mass is 263 g/mol. The smallest absolute Gasteiger partial charge is 0.406 e. The van der Waals surface area contributed by atoms with Crippen molar-refractivity contribution in [1.82, 2.24) is 4.72 Å². The molecule has 0 amide bonds. The average molecular weight is 263 g/mol. The summed E-state index contributed by atoms with van der Waals surface area (Å²) in [5.74, 6) is -1.14. The Kier molecular flexibility index (Phi) is 5.20. The van der Waals surface area contributed by atoms with Gasteiger partial charge >= 0.3 is 12.1 Å². The summed E-state index contributed by atoms with van der Waals surface area (Å²) >= 11 is 0. The molecule has 0 fully saturated rings. The van der Waals surface area contributed by atoms with Crippen LogP contribution in [0.25, 0.3) is 0 Å². The first kappa shape index (κ1) is 15.2. The first-order chi connectivity index (χ1) is 7.07. The van der Waals surface area contributed by atoms with Crippen LogP contribution in [-0.4, -0.2) is 37.5 Å². The lowest BCUT2D eigenvalue weighted by atomic mass is 10.3. The van der Waals surface area contributed by atoms with Crippen molar-refractivity contribution >= 4 is 16.0 Å². The van der Waals surface area contributed by atoms with Gasteiger partial charge in [-0.1, -0.05) is 0 Å². The fraction of sp³-hybridized carbons (Fsp3) is 0.857. The molecule has 0 saturated carbocycles. The van der Waals surface area contributed by atoms with Gasteiger partial charge in [-0.25, -0.2) is 13.1 Å². The normalized spacial score (nSPS) is 14.8. The molecule has 0 saturated heterocycles. The molecule has 0 radical (unpaired) electrons. The maximum atomic E-state index is 12.1. The summed E-state index contributed by atoms with van der Waals surface area (Å²) in [6.07, 6.45) is -5.19. The second-order valence-corrected chi connectivity index (χ2v) is 5.21. The minimum absolute atomic E-state index is 0.0564. The van der Waals surface area contributed by atoms with E-state index in [0.29, 0.717) is 6.92 Å². The Morgan fingerprint density at radius 2 is 1.94 bits per heavy atom. The number of halogens is 3. The lowest BCUT2D eigenvalue weighted by Gasteiger charge is -2.16. The van der Waals surface area contributed by atoms with E-state index in [1.165, 1.54) is 0 Å². The summed E-state index contributed by atoms with van der Waals surface area (Å²) in [7, 11) is -4.48. The summed E-state index contributed by atoms with van der Waals surface area (Å²) in [4.78, 5) is 10.1. The number of nitrogens with one attached hydrogen (secondary N) is 1. The van der Waals surface area contributed by atoms with E-state index in [1.54, 1.807) is 4.72 Å². The van der Waals surface area contributed by atoms with Crippen LogP contribution >= 0.6 is 0 Å². The molecule has 5 nitrogen and oxygen atoms in total. The summed E-state index contributed by atoms with van der Waals surface area (Å²) in [6.45, 7) is 0.203. The molecule has 2 N–H and O–H groups in total. The fourth-order valence-corrected chi connectivity index (χ4v) is 1.79. The highest BCUT2D eigenvalue weighted by molar-refractivity contribution is 7.90. The van der Waals surface area contributed by atoms with Crippen molar-refractivity contribution in [3.8, 4) is 0 Å². The number of hydrogen-bond donors (Lipinski definition) is 2. The number of carboxylic acids is 1. The highest BCUT2D eigenvalue weighted by atomic mass is 32.2. The van der Waals surface area contributed by atoms with Crippen LogP contribution in [0.3, 0.4) is 0 Å². The molecule has 0 aromatic heterocycles. The van der Waals surface area contributed by atoms with E-state index in [9.17, 15) is 26.4 Å². The van der Waals surface area contributed by atoms with E-state index in [0.717, 1.165) is 0 Å². The molecule has 0 aromatic rings. The maximum absolute atomic E-state index is 12.1. The van der Waals surface area contributed by atoms with Crippen LogP contribution in [0.4, 0.5) is 13.2 Å². The molecule has 0 aromatic carbocycles. The molecule has 0 bridgehead atoms. The number of carboxylic acid groups (broad SMARTS) is 1. The minimum Gasteiger partial charge on any atom is -0.481 e. The van der Waals surface area contributed by atoms with E-state index in [-0.39, 0.29) is 19.4 Å². The molecule has 0 aliphatic rings. The molecule has 1 unspecified atom stereocenters. The van der Waals surface area contributed by atoms with Crippen LogP contribution in [0.2, 0.25) is 0 Å². The molecular weight excluding hydrogens is 251 g/mol. The zero-order valence-electron chi connectivity index (χ0n) is 8.41. The van der Waals surface area contributed by atoms with Crippen LogP contribution in [-0.2, 0) is 14.8 Å². The van der Waals surface area contributed by atoms with Crippen molar-refractivity contribution in [1.29, 1.82) is 0 Å². The molecule has 0 rings (SSSR count). The van der Waals surface area contributed by atoms with Crippen LogP contribution in [0.5, 0.6) is 0 Å². The summed E-state index contributed by atoms with van der Waals surface area (Å²) in [5, 5.41) is 5.71. The molecule has 0 aliphatic carbocycles. The Balaban J connectivity index is 4.22. The standard InChI is InChI=1S/C7H12F3NO4S/c1-5(7(8,9)10)16(14,15)11-4-2-3-6(12)13/h5,11H,2-4H2,1H3,(H,12,13). The molecule has 9 heteroatoms. The minimum atomic E-state index is -4.83. The predicted octanol–water partition coefficient (Wildman–Crippen LogP) is 0.721. The van der Waals surface area contributed by atoms with Gasteiger partial charge in [-0.3, -0.25) is 4.79 Å². The van der Waals surface area contributed by atoms with Crippen LogP contribution < -0.4 is 4.72 Å². The van der Waals surface area contributed by atoms with Gasteiger partial charge in [0, 0.05) is 13.0 Å². The van der Waals surface area contributed by atoms with Gasteiger partial charge in [0.2, 0.25) is 10.0 Å². The zero-order chi connectivity index (χ0) is 13.0. The number of aliphatic carboxylic acids is 1. The number of hydrogen-bond acceptors (Lipinski definition) is 3. The third kappa shape index (κ3) is 5.31. The molecule has 0 spiro atoms. The second-order valence-electron chi connectivity index (χ2n) is 3.12. The van der Waals surface area contributed by atoms with Gasteiger partial charge in [0.05, 0.1) is 0 Å². The van der Waals surface area contributed by atoms with Crippen LogP contribution in [0, 0.1) is 0 Å². The van der Waals surface area contributed by atoms with Gasteiger partial charge in [-0.15, -0.1) is 0 Å². The maximum Gasteiger partial charge on any atom is 0.406 e.